The largest absolute Gasteiger partial charge is 0.487 e. The van der Waals surface area contributed by atoms with Gasteiger partial charge in [-0.1, -0.05) is 24.3 Å². The molecule has 2 aromatic rings. The lowest BCUT2D eigenvalue weighted by Crippen LogP contribution is -2.04. The Morgan fingerprint density at radius 3 is 2.59 bits per heavy atom. The Hall–Kier alpha value is -1.87. The molecule has 1 heterocycles. The van der Waals surface area contributed by atoms with Crippen molar-refractivity contribution in [2.75, 3.05) is 0 Å². The Balaban J connectivity index is 2.05. The molecule has 17 heavy (non-hydrogen) atoms. The monoisotopic (exact) mass is 228 g/mol. The molecule has 0 aliphatic carbocycles. The average molecular weight is 228 g/mol. The van der Waals surface area contributed by atoms with Crippen molar-refractivity contribution in [3.8, 4) is 5.75 Å². The van der Waals surface area contributed by atoms with Crippen molar-refractivity contribution < 1.29 is 4.74 Å². The standard InChI is InChI=1S/C14H16N2O/c1-11-5-2-3-8-14(11)17-10-13-7-4-6-12(9-15)16-13/h2-8H,9-10,15H2,1H3. The molecule has 0 saturated carbocycles. The van der Waals surface area contributed by atoms with Crippen LogP contribution in [0.4, 0.5) is 0 Å². The number of hydrogen-bond acceptors (Lipinski definition) is 3. The summed E-state index contributed by atoms with van der Waals surface area (Å²) in [4.78, 5) is 4.39. The third-order valence-corrected chi connectivity index (χ3v) is 2.54. The van der Waals surface area contributed by atoms with Gasteiger partial charge in [0.1, 0.15) is 12.4 Å². The molecule has 1 aromatic carbocycles. The van der Waals surface area contributed by atoms with Crippen LogP contribution in [0.25, 0.3) is 0 Å². The lowest BCUT2D eigenvalue weighted by atomic mass is 10.2. The summed E-state index contributed by atoms with van der Waals surface area (Å²) in [7, 11) is 0. The number of aryl methyl sites for hydroxylation is 1. The summed E-state index contributed by atoms with van der Waals surface area (Å²) in [6, 6.07) is 13.8. The number of rotatable bonds is 4. The Bertz CT molecular complexity index is 497. The van der Waals surface area contributed by atoms with E-state index in [1.807, 2.05) is 49.4 Å². The molecule has 0 aliphatic heterocycles. The summed E-state index contributed by atoms with van der Waals surface area (Å²) < 4.78 is 5.72. The van der Waals surface area contributed by atoms with Crippen LogP contribution in [0.2, 0.25) is 0 Å². The van der Waals surface area contributed by atoms with Crippen molar-refractivity contribution in [2.45, 2.75) is 20.1 Å². The van der Waals surface area contributed by atoms with Crippen LogP contribution in [0, 0.1) is 6.92 Å². The Kier molecular flexibility index (Phi) is 3.73. The van der Waals surface area contributed by atoms with Crippen molar-refractivity contribution in [1.82, 2.24) is 4.98 Å². The minimum atomic E-state index is 0.457. The number of benzene rings is 1. The first-order valence-electron chi connectivity index (χ1n) is 5.63. The van der Waals surface area contributed by atoms with Gasteiger partial charge in [-0.15, -0.1) is 0 Å². The summed E-state index contributed by atoms with van der Waals surface area (Å²) in [5.41, 5.74) is 8.46. The second-order valence-corrected chi connectivity index (χ2v) is 3.88. The van der Waals surface area contributed by atoms with Crippen LogP contribution in [0.3, 0.4) is 0 Å². The van der Waals surface area contributed by atoms with Crippen molar-refractivity contribution in [3.05, 3.63) is 59.4 Å². The Labute approximate surface area is 101 Å². The minimum absolute atomic E-state index is 0.457. The van der Waals surface area contributed by atoms with Crippen molar-refractivity contribution in [3.63, 3.8) is 0 Å². The van der Waals surface area contributed by atoms with E-state index in [2.05, 4.69) is 4.98 Å². The zero-order chi connectivity index (χ0) is 12.1. The molecule has 2 N–H and O–H groups in total. The molecule has 88 valence electrons. The topological polar surface area (TPSA) is 48.1 Å². The van der Waals surface area contributed by atoms with E-state index in [4.69, 9.17) is 10.5 Å². The van der Waals surface area contributed by atoms with Crippen LogP contribution < -0.4 is 10.5 Å². The molecule has 0 radical (unpaired) electrons. The number of ether oxygens (including phenoxy) is 1. The second-order valence-electron chi connectivity index (χ2n) is 3.88. The molecule has 0 spiro atoms. The highest BCUT2D eigenvalue weighted by Gasteiger charge is 2.00. The van der Waals surface area contributed by atoms with Gasteiger partial charge in [-0.05, 0) is 30.7 Å². The fourth-order valence-electron chi connectivity index (χ4n) is 1.59. The van der Waals surface area contributed by atoms with Crippen LogP contribution >= 0.6 is 0 Å². The third kappa shape index (κ3) is 3.04. The fraction of sp³-hybridized carbons (Fsp3) is 0.214. The van der Waals surface area contributed by atoms with E-state index >= 15 is 0 Å². The number of nitrogens with two attached hydrogens (primary N) is 1. The second kappa shape index (κ2) is 5.46. The lowest BCUT2D eigenvalue weighted by Gasteiger charge is -2.08. The van der Waals surface area contributed by atoms with Gasteiger partial charge in [-0.2, -0.15) is 0 Å². The maximum absolute atomic E-state index is 5.72. The van der Waals surface area contributed by atoms with Gasteiger partial charge in [0.2, 0.25) is 0 Å². The summed E-state index contributed by atoms with van der Waals surface area (Å²) in [5.74, 6) is 0.896. The zero-order valence-corrected chi connectivity index (χ0v) is 9.89. The minimum Gasteiger partial charge on any atom is -0.487 e. The van der Waals surface area contributed by atoms with Gasteiger partial charge in [0.15, 0.2) is 0 Å². The molecule has 0 bridgehead atoms. The van der Waals surface area contributed by atoms with E-state index in [1.54, 1.807) is 0 Å². The van der Waals surface area contributed by atoms with Gasteiger partial charge in [-0.25, -0.2) is 0 Å². The van der Waals surface area contributed by atoms with E-state index in [1.165, 1.54) is 0 Å². The first-order chi connectivity index (χ1) is 8.29. The van der Waals surface area contributed by atoms with Crippen LogP contribution in [-0.2, 0) is 13.2 Å². The quantitative estimate of drug-likeness (QED) is 0.874. The average Bonchev–Trinajstić information content (AvgIpc) is 2.38. The van der Waals surface area contributed by atoms with Crippen molar-refractivity contribution in [2.24, 2.45) is 5.73 Å². The highest BCUT2D eigenvalue weighted by molar-refractivity contribution is 5.31. The molecule has 3 heteroatoms. The number of aromatic nitrogens is 1. The lowest BCUT2D eigenvalue weighted by molar-refractivity contribution is 0.299. The molecule has 1 aromatic heterocycles. The van der Waals surface area contributed by atoms with Crippen LogP contribution in [-0.4, -0.2) is 4.98 Å². The van der Waals surface area contributed by atoms with E-state index in [9.17, 15) is 0 Å². The summed E-state index contributed by atoms with van der Waals surface area (Å²) in [5, 5.41) is 0. The van der Waals surface area contributed by atoms with Gasteiger partial charge < -0.3 is 10.5 Å². The van der Waals surface area contributed by atoms with Crippen LogP contribution in [0.5, 0.6) is 5.75 Å². The van der Waals surface area contributed by atoms with E-state index < -0.39 is 0 Å². The summed E-state index contributed by atoms with van der Waals surface area (Å²) in [6.07, 6.45) is 0. The molecule has 0 saturated heterocycles. The van der Waals surface area contributed by atoms with Crippen molar-refractivity contribution >= 4 is 0 Å². The number of pyridine rings is 1. The van der Waals surface area contributed by atoms with Gasteiger partial charge >= 0.3 is 0 Å². The highest BCUT2D eigenvalue weighted by Crippen LogP contribution is 2.17. The molecular formula is C14H16N2O. The molecular weight excluding hydrogens is 212 g/mol. The van der Waals surface area contributed by atoms with Crippen molar-refractivity contribution in [1.29, 1.82) is 0 Å². The predicted molar refractivity (Wildman–Crippen MR) is 67.6 cm³/mol. The SMILES string of the molecule is Cc1ccccc1OCc1cccc(CN)n1. The summed E-state index contributed by atoms with van der Waals surface area (Å²) in [6.45, 7) is 2.95. The van der Waals surface area contributed by atoms with Gasteiger partial charge in [0.25, 0.3) is 0 Å². The first kappa shape index (κ1) is 11.6. The fourth-order valence-corrected chi connectivity index (χ4v) is 1.59. The molecule has 2 rings (SSSR count). The highest BCUT2D eigenvalue weighted by atomic mass is 16.5. The van der Waals surface area contributed by atoms with Gasteiger partial charge in [-0.3, -0.25) is 4.98 Å². The molecule has 0 aliphatic rings. The maximum Gasteiger partial charge on any atom is 0.130 e. The zero-order valence-electron chi connectivity index (χ0n) is 9.89. The molecule has 0 fully saturated rings. The molecule has 0 atom stereocenters. The molecule has 3 nitrogen and oxygen atoms in total. The number of para-hydroxylation sites is 1. The van der Waals surface area contributed by atoms with Crippen LogP contribution in [0.1, 0.15) is 17.0 Å². The smallest absolute Gasteiger partial charge is 0.130 e. The predicted octanol–water partition coefficient (Wildman–Crippen LogP) is 2.43. The van der Waals surface area contributed by atoms with Gasteiger partial charge in [0.05, 0.1) is 11.4 Å². The molecule has 0 amide bonds. The number of nitrogens with zero attached hydrogens (tertiary/aromatic N) is 1. The van der Waals surface area contributed by atoms with E-state index in [0.29, 0.717) is 13.2 Å². The normalized spacial score (nSPS) is 10.2. The first-order valence-corrected chi connectivity index (χ1v) is 5.63. The Morgan fingerprint density at radius 2 is 1.82 bits per heavy atom. The third-order valence-electron chi connectivity index (χ3n) is 2.54. The van der Waals surface area contributed by atoms with E-state index in [0.717, 1.165) is 22.7 Å². The maximum atomic E-state index is 5.72. The molecule has 0 unspecified atom stereocenters. The summed E-state index contributed by atoms with van der Waals surface area (Å²) >= 11 is 0. The van der Waals surface area contributed by atoms with Gasteiger partial charge in [0, 0.05) is 6.54 Å². The Morgan fingerprint density at radius 1 is 1.06 bits per heavy atom. The van der Waals surface area contributed by atoms with Crippen LogP contribution in [0.15, 0.2) is 42.5 Å². The van der Waals surface area contributed by atoms with E-state index in [-0.39, 0.29) is 0 Å². The number of hydrogen-bond donors (Lipinski definition) is 1.